The number of hydrogen-bond acceptors (Lipinski definition) is 3. The Kier molecular flexibility index (Phi) is 3.70. The van der Waals surface area contributed by atoms with Gasteiger partial charge in [-0.05, 0) is 25.1 Å². The molecule has 0 spiro atoms. The van der Waals surface area contributed by atoms with Crippen LogP contribution in [0.3, 0.4) is 0 Å². The van der Waals surface area contributed by atoms with Gasteiger partial charge in [-0.3, -0.25) is 9.59 Å². The predicted molar refractivity (Wildman–Crippen MR) is 68.2 cm³/mol. The maximum Gasteiger partial charge on any atom is 0.267 e. The van der Waals surface area contributed by atoms with Crippen LogP contribution in [0.2, 0.25) is 0 Å². The third-order valence-corrected chi connectivity index (χ3v) is 2.62. The highest BCUT2D eigenvalue weighted by Gasteiger charge is 2.17. The third kappa shape index (κ3) is 2.85. The second kappa shape index (κ2) is 5.43. The molecular weight excluding hydrogens is 249 g/mol. The van der Waals surface area contributed by atoms with Crippen molar-refractivity contribution in [2.45, 2.75) is 13.0 Å². The molecule has 0 fully saturated rings. The normalized spacial score (nSPS) is 11.9. The molecule has 1 heterocycles. The number of aromatic nitrogens is 2. The summed E-state index contributed by atoms with van der Waals surface area (Å²) in [5.74, 6) is -1.04. The standard InChI is InChI=1S/C13H12FN3O2/c1-9(17-12(18)7-4-8-15-17)13(19)16-11-6-3-2-5-10(11)14/h2-9H,1H3,(H,16,19). The molecular formula is C13H12FN3O2. The third-order valence-electron chi connectivity index (χ3n) is 2.62. The molecule has 19 heavy (non-hydrogen) atoms. The van der Waals surface area contributed by atoms with Crippen molar-refractivity contribution in [3.05, 3.63) is 58.8 Å². The average Bonchev–Trinajstić information content (AvgIpc) is 2.41. The fourth-order valence-electron chi connectivity index (χ4n) is 1.57. The number of halogens is 1. The molecule has 0 aliphatic heterocycles. The lowest BCUT2D eigenvalue weighted by Crippen LogP contribution is -2.32. The zero-order valence-corrected chi connectivity index (χ0v) is 10.2. The van der Waals surface area contributed by atoms with Crippen LogP contribution in [0.15, 0.2) is 47.4 Å². The van der Waals surface area contributed by atoms with Gasteiger partial charge in [-0.1, -0.05) is 12.1 Å². The highest BCUT2D eigenvalue weighted by atomic mass is 19.1. The summed E-state index contributed by atoms with van der Waals surface area (Å²) < 4.78 is 14.4. The summed E-state index contributed by atoms with van der Waals surface area (Å²) in [5.41, 5.74) is -0.318. The van der Waals surface area contributed by atoms with Crippen molar-refractivity contribution < 1.29 is 9.18 Å². The maximum absolute atomic E-state index is 13.4. The van der Waals surface area contributed by atoms with E-state index in [0.29, 0.717) is 0 Å². The van der Waals surface area contributed by atoms with Crippen LogP contribution in [0.1, 0.15) is 13.0 Å². The molecule has 0 saturated carbocycles. The van der Waals surface area contributed by atoms with Gasteiger partial charge in [-0.15, -0.1) is 0 Å². The van der Waals surface area contributed by atoms with Crippen LogP contribution in [0.5, 0.6) is 0 Å². The molecule has 2 aromatic rings. The lowest BCUT2D eigenvalue weighted by Gasteiger charge is -2.13. The zero-order chi connectivity index (χ0) is 13.8. The lowest BCUT2D eigenvalue weighted by molar-refractivity contribution is -0.119. The molecule has 0 saturated heterocycles. The molecule has 1 amide bonds. The highest BCUT2D eigenvalue weighted by molar-refractivity contribution is 5.93. The molecule has 1 aromatic heterocycles. The number of benzene rings is 1. The van der Waals surface area contributed by atoms with Crippen molar-refractivity contribution in [3.63, 3.8) is 0 Å². The number of amides is 1. The minimum Gasteiger partial charge on any atom is -0.322 e. The van der Waals surface area contributed by atoms with Gasteiger partial charge in [0.25, 0.3) is 5.56 Å². The average molecular weight is 261 g/mol. The molecule has 98 valence electrons. The first kappa shape index (κ1) is 12.9. The van der Waals surface area contributed by atoms with Gasteiger partial charge >= 0.3 is 0 Å². The summed E-state index contributed by atoms with van der Waals surface area (Å²) in [5, 5.41) is 6.23. The molecule has 2 rings (SSSR count). The largest absolute Gasteiger partial charge is 0.322 e. The van der Waals surface area contributed by atoms with Crippen molar-refractivity contribution in [1.29, 1.82) is 0 Å². The molecule has 0 aliphatic carbocycles. The first-order chi connectivity index (χ1) is 9.09. The Balaban J connectivity index is 2.19. The van der Waals surface area contributed by atoms with Crippen molar-refractivity contribution in [1.82, 2.24) is 9.78 Å². The molecule has 0 aliphatic rings. The van der Waals surface area contributed by atoms with Crippen molar-refractivity contribution >= 4 is 11.6 Å². The Labute approximate surface area is 108 Å². The number of anilines is 1. The smallest absolute Gasteiger partial charge is 0.267 e. The van der Waals surface area contributed by atoms with Gasteiger partial charge in [0, 0.05) is 12.3 Å². The number of carbonyl (C=O) groups is 1. The van der Waals surface area contributed by atoms with E-state index in [1.807, 2.05) is 0 Å². The predicted octanol–water partition coefficient (Wildman–Crippen LogP) is 1.58. The molecule has 1 unspecified atom stereocenters. The topological polar surface area (TPSA) is 64.0 Å². The second-order valence-electron chi connectivity index (χ2n) is 3.95. The first-order valence-corrected chi connectivity index (χ1v) is 5.69. The van der Waals surface area contributed by atoms with Gasteiger partial charge < -0.3 is 5.32 Å². The van der Waals surface area contributed by atoms with E-state index in [2.05, 4.69) is 10.4 Å². The van der Waals surface area contributed by atoms with Gasteiger partial charge in [0.15, 0.2) is 0 Å². The number of hydrogen-bond donors (Lipinski definition) is 1. The number of nitrogens with one attached hydrogen (secondary N) is 1. The maximum atomic E-state index is 13.4. The Morgan fingerprint density at radius 3 is 2.74 bits per heavy atom. The summed E-state index contributed by atoms with van der Waals surface area (Å²) in [7, 11) is 0. The van der Waals surface area contributed by atoms with Gasteiger partial charge in [0.2, 0.25) is 5.91 Å². The van der Waals surface area contributed by atoms with E-state index < -0.39 is 23.3 Å². The fraction of sp³-hybridized carbons (Fsp3) is 0.154. The minimum absolute atomic E-state index is 0.0725. The molecule has 1 aromatic carbocycles. The quantitative estimate of drug-likeness (QED) is 0.912. The summed E-state index contributed by atoms with van der Waals surface area (Å²) in [6.45, 7) is 1.52. The van der Waals surface area contributed by atoms with E-state index in [0.717, 1.165) is 4.68 Å². The Hall–Kier alpha value is -2.50. The van der Waals surface area contributed by atoms with E-state index >= 15 is 0 Å². The summed E-state index contributed by atoms with van der Waals surface area (Å²) >= 11 is 0. The van der Waals surface area contributed by atoms with E-state index in [1.165, 1.54) is 43.5 Å². The van der Waals surface area contributed by atoms with Gasteiger partial charge in [-0.2, -0.15) is 5.10 Å². The number of rotatable bonds is 3. The van der Waals surface area contributed by atoms with E-state index in [1.54, 1.807) is 6.07 Å². The Morgan fingerprint density at radius 1 is 1.32 bits per heavy atom. The van der Waals surface area contributed by atoms with Crippen LogP contribution in [0.25, 0.3) is 0 Å². The number of para-hydroxylation sites is 1. The SMILES string of the molecule is CC(C(=O)Nc1ccccc1F)n1ncccc1=O. The number of nitrogens with zero attached hydrogens (tertiary/aromatic N) is 2. The second-order valence-corrected chi connectivity index (χ2v) is 3.95. The molecule has 1 N–H and O–H groups in total. The van der Waals surface area contributed by atoms with E-state index in [-0.39, 0.29) is 5.69 Å². The van der Waals surface area contributed by atoms with Gasteiger partial charge in [0.1, 0.15) is 11.9 Å². The molecule has 5 nitrogen and oxygen atoms in total. The van der Waals surface area contributed by atoms with Crippen molar-refractivity contribution in [2.24, 2.45) is 0 Å². The number of carbonyl (C=O) groups excluding carboxylic acids is 1. The monoisotopic (exact) mass is 261 g/mol. The molecule has 1 atom stereocenters. The summed E-state index contributed by atoms with van der Waals surface area (Å²) in [6.07, 6.45) is 1.41. The Morgan fingerprint density at radius 2 is 2.05 bits per heavy atom. The van der Waals surface area contributed by atoms with E-state index in [4.69, 9.17) is 0 Å². The van der Waals surface area contributed by atoms with E-state index in [9.17, 15) is 14.0 Å². The molecule has 0 bridgehead atoms. The van der Waals surface area contributed by atoms with Gasteiger partial charge in [0.05, 0.1) is 5.69 Å². The summed E-state index contributed by atoms with van der Waals surface area (Å²) in [4.78, 5) is 23.5. The van der Waals surface area contributed by atoms with Crippen molar-refractivity contribution in [3.8, 4) is 0 Å². The first-order valence-electron chi connectivity index (χ1n) is 5.69. The lowest BCUT2D eigenvalue weighted by atomic mass is 10.2. The molecule has 0 radical (unpaired) electrons. The van der Waals surface area contributed by atoms with Crippen LogP contribution in [0.4, 0.5) is 10.1 Å². The fourth-order valence-corrected chi connectivity index (χ4v) is 1.57. The van der Waals surface area contributed by atoms with Gasteiger partial charge in [-0.25, -0.2) is 9.07 Å². The minimum atomic E-state index is -0.826. The highest BCUT2D eigenvalue weighted by Crippen LogP contribution is 2.14. The molecule has 6 heteroatoms. The van der Waals surface area contributed by atoms with Crippen LogP contribution in [0, 0.1) is 5.82 Å². The van der Waals surface area contributed by atoms with Crippen LogP contribution in [-0.2, 0) is 4.79 Å². The van der Waals surface area contributed by atoms with Crippen molar-refractivity contribution in [2.75, 3.05) is 5.32 Å². The Bertz CT molecular complexity index is 654. The van der Waals surface area contributed by atoms with Crippen LogP contribution in [-0.4, -0.2) is 15.7 Å². The van der Waals surface area contributed by atoms with Crippen LogP contribution < -0.4 is 10.9 Å². The summed E-state index contributed by atoms with van der Waals surface area (Å²) in [6, 6.07) is 7.79. The van der Waals surface area contributed by atoms with Crippen LogP contribution >= 0.6 is 0 Å². The zero-order valence-electron chi connectivity index (χ0n) is 10.2.